The van der Waals surface area contributed by atoms with Crippen LogP contribution in [-0.2, 0) is 30.9 Å². The average Bonchev–Trinajstić information content (AvgIpc) is 3.19. The van der Waals surface area contributed by atoms with Crippen molar-refractivity contribution in [3.05, 3.63) is 41.1 Å². The van der Waals surface area contributed by atoms with Crippen molar-refractivity contribution >= 4 is 0 Å². The van der Waals surface area contributed by atoms with Crippen molar-refractivity contribution in [3.63, 3.8) is 0 Å². The molecule has 0 saturated heterocycles. The zero-order chi connectivity index (χ0) is 17.8. The molecular formula is C19H30N4O2. The molecule has 138 valence electrons. The van der Waals surface area contributed by atoms with Crippen LogP contribution in [0.2, 0.25) is 0 Å². The molecule has 0 bridgehead atoms. The molecule has 0 radical (unpaired) electrons. The van der Waals surface area contributed by atoms with Gasteiger partial charge in [-0.2, -0.15) is 5.10 Å². The minimum Gasteiger partial charge on any atom is -0.468 e. The summed E-state index contributed by atoms with van der Waals surface area (Å²) >= 11 is 0. The zero-order valence-electron chi connectivity index (χ0n) is 15.9. The van der Waals surface area contributed by atoms with Crippen LogP contribution >= 0.6 is 0 Å². The van der Waals surface area contributed by atoms with Gasteiger partial charge in [-0.25, -0.2) is 0 Å². The van der Waals surface area contributed by atoms with E-state index in [-0.39, 0.29) is 0 Å². The number of hydrogen-bond donors (Lipinski definition) is 0. The van der Waals surface area contributed by atoms with Crippen LogP contribution in [0.3, 0.4) is 0 Å². The number of likely N-dealkylation sites (N-methyl/N-ethyl adjacent to an activating group) is 1. The van der Waals surface area contributed by atoms with Crippen LogP contribution in [0.15, 0.2) is 22.8 Å². The van der Waals surface area contributed by atoms with E-state index in [4.69, 9.17) is 14.3 Å². The third-order valence-electron chi connectivity index (χ3n) is 4.62. The molecule has 6 heteroatoms. The van der Waals surface area contributed by atoms with Gasteiger partial charge in [0.05, 0.1) is 37.4 Å². The summed E-state index contributed by atoms with van der Waals surface area (Å²) in [7, 11) is 4.12. The second kappa shape index (κ2) is 8.17. The molecule has 0 amide bonds. The predicted molar refractivity (Wildman–Crippen MR) is 97.3 cm³/mol. The van der Waals surface area contributed by atoms with E-state index in [0.29, 0.717) is 12.6 Å². The highest BCUT2D eigenvalue weighted by Crippen LogP contribution is 2.26. The number of nitrogens with zero attached hydrogens (tertiary/aromatic N) is 4. The molecule has 3 heterocycles. The standard InChI is InChI=1S/C19H30N4O2/c1-15(2)23-19-13-22(12-16-6-5-10-25-16)8-7-17(19)18(20-23)14-24-11-9-21(3)4/h5-6,10,15H,7-9,11-14H2,1-4H3. The Balaban J connectivity index is 1.69. The summed E-state index contributed by atoms with van der Waals surface area (Å²) in [4.78, 5) is 4.56. The van der Waals surface area contributed by atoms with E-state index in [1.165, 1.54) is 11.3 Å². The molecule has 2 aromatic rings. The Bertz CT molecular complexity index is 661. The quantitative estimate of drug-likeness (QED) is 0.688. The van der Waals surface area contributed by atoms with Gasteiger partial charge < -0.3 is 14.1 Å². The minimum absolute atomic E-state index is 0.354. The van der Waals surface area contributed by atoms with E-state index >= 15 is 0 Å². The molecule has 0 atom stereocenters. The Hall–Kier alpha value is -1.63. The summed E-state index contributed by atoms with van der Waals surface area (Å²) in [6, 6.07) is 4.35. The van der Waals surface area contributed by atoms with Crippen LogP contribution in [0.5, 0.6) is 0 Å². The van der Waals surface area contributed by atoms with Crippen molar-refractivity contribution in [2.45, 2.75) is 46.0 Å². The summed E-state index contributed by atoms with van der Waals surface area (Å²) in [6.45, 7) is 9.45. The van der Waals surface area contributed by atoms with Gasteiger partial charge in [-0.1, -0.05) is 0 Å². The molecule has 0 aromatic carbocycles. The highest BCUT2D eigenvalue weighted by molar-refractivity contribution is 5.29. The smallest absolute Gasteiger partial charge is 0.117 e. The molecule has 1 aliphatic rings. The van der Waals surface area contributed by atoms with Gasteiger partial charge in [0, 0.05) is 31.2 Å². The topological polar surface area (TPSA) is 46.7 Å². The fourth-order valence-electron chi connectivity index (χ4n) is 3.29. The Morgan fingerprint density at radius 3 is 2.88 bits per heavy atom. The van der Waals surface area contributed by atoms with Gasteiger partial charge in [0.1, 0.15) is 5.76 Å². The van der Waals surface area contributed by atoms with Crippen molar-refractivity contribution < 1.29 is 9.15 Å². The van der Waals surface area contributed by atoms with Gasteiger partial charge in [-0.15, -0.1) is 0 Å². The molecule has 0 fully saturated rings. The van der Waals surface area contributed by atoms with E-state index in [1.54, 1.807) is 6.26 Å². The lowest BCUT2D eigenvalue weighted by Crippen LogP contribution is -2.31. The molecule has 6 nitrogen and oxygen atoms in total. The summed E-state index contributed by atoms with van der Waals surface area (Å²) < 4.78 is 13.5. The fourth-order valence-corrected chi connectivity index (χ4v) is 3.29. The van der Waals surface area contributed by atoms with E-state index in [2.05, 4.69) is 42.4 Å². The highest BCUT2D eigenvalue weighted by atomic mass is 16.5. The van der Waals surface area contributed by atoms with Gasteiger partial charge in [-0.05, 0) is 46.5 Å². The van der Waals surface area contributed by atoms with Gasteiger partial charge in [0.25, 0.3) is 0 Å². The van der Waals surface area contributed by atoms with Crippen molar-refractivity contribution in [2.24, 2.45) is 0 Å². The van der Waals surface area contributed by atoms with Crippen molar-refractivity contribution in [2.75, 3.05) is 33.8 Å². The largest absolute Gasteiger partial charge is 0.468 e. The van der Waals surface area contributed by atoms with Gasteiger partial charge >= 0.3 is 0 Å². The first-order chi connectivity index (χ1) is 12.0. The van der Waals surface area contributed by atoms with Crippen molar-refractivity contribution in [1.82, 2.24) is 19.6 Å². The Morgan fingerprint density at radius 2 is 2.20 bits per heavy atom. The van der Waals surface area contributed by atoms with Crippen LogP contribution in [0.4, 0.5) is 0 Å². The van der Waals surface area contributed by atoms with Crippen LogP contribution in [0, 0.1) is 0 Å². The zero-order valence-corrected chi connectivity index (χ0v) is 15.9. The summed E-state index contributed by atoms with van der Waals surface area (Å²) in [5, 5.41) is 4.87. The predicted octanol–water partition coefficient (Wildman–Crippen LogP) is 2.69. The number of aromatic nitrogens is 2. The number of rotatable bonds is 8. The maximum atomic E-state index is 5.86. The van der Waals surface area contributed by atoms with Crippen LogP contribution < -0.4 is 0 Å². The number of ether oxygens (including phenoxy) is 1. The van der Waals surface area contributed by atoms with E-state index < -0.39 is 0 Å². The molecular weight excluding hydrogens is 316 g/mol. The first-order valence-electron chi connectivity index (χ1n) is 9.11. The molecule has 0 unspecified atom stereocenters. The Kier molecular flexibility index (Phi) is 5.93. The SMILES string of the molecule is CC(C)n1nc(COCCN(C)C)c2c1CN(Cc1ccco1)CC2. The molecule has 2 aromatic heterocycles. The van der Waals surface area contributed by atoms with Gasteiger partial charge in [0.2, 0.25) is 0 Å². The number of furan rings is 1. The molecule has 0 N–H and O–H groups in total. The van der Waals surface area contributed by atoms with E-state index in [0.717, 1.165) is 50.7 Å². The third kappa shape index (κ3) is 4.51. The first-order valence-corrected chi connectivity index (χ1v) is 9.11. The number of hydrogen-bond acceptors (Lipinski definition) is 5. The van der Waals surface area contributed by atoms with Gasteiger partial charge in [-0.3, -0.25) is 9.58 Å². The number of fused-ring (bicyclic) bond motifs is 1. The monoisotopic (exact) mass is 346 g/mol. The fraction of sp³-hybridized carbons (Fsp3) is 0.632. The van der Waals surface area contributed by atoms with Crippen molar-refractivity contribution in [1.29, 1.82) is 0 Å². The Labute approximate surface area is 150 Å². The molecule has 0 aliphatic carbocycles. The molecule has 0 saturated carbocycles. The second-order valence-corrected chi connectivity index (χ2v) is 7.31. The highest BCUT2D eigenvalue weighted by Gasteiger charge is 2.26. The third-order valence-corrected chi connectivity index (χ3v) is 4.62. The summed E-state index contributed by atoms with van der Waals surface area (Å²) in [5.74, 6) is 1.02. The molecule has 3 rings (SSSR count). The van der Waals surface area contributed by atoms with Crippen LogP contribution in [-0.4, -0.2) is 53.4 Å². The lowest BCUT2D eigenvalue weighted by molar-refractivity contribution is 0.102. The van der Waals surface area contributed by atoms with Crippen molar-refractivity contribution in [3.8, 4) is 0 Å². The normalized spacial score (nSPS) is 15.3. The summed E-state index contributed by atoms with van der Waals surface area (Å²) in [5.41, 5.74) is 3.83. The minimum atomic E-state index is 0.354. The van der Waals surface area contributed by atoms with Gasteiger partial charge in [0.15, 0.2) is 0 Å². The van der Waals surface area contributed by atoms with Crippen LogP contribution in [0.25, 0.3) is 0 Å². The average molecular weight is 346 g/mol. The second-order valence-electron chi connectivity index (χ2n) is 7.31. The first kappa shape index (κ1) is 18.2. The Morgan fingerprint density at radius 1 is 1.36 bits per heavy atom. The van der Waals surface area contributed by atoms with E-state index in [9.17, 15) is 0 Å². The molecule has 25 heavy (non-hydrogen) atoms. The van der Waals surface area contributed by atoms with Crippen LogP contribution in [0.1, 0.15) is 42.6 Å². The molecule has 0 spiro atoms. The lowest BCUT2D eigenvalue weighted by atomic mass is 10.0. The summed E-state index contributed by atoms with van der Waals surface area (Å²) in [6.07, 6.45) is 2.77. The van der Waals surface area contributed by atoms with E-state index in [1.807, 2.05) is 12.1 Å². The molecule has 1 aliphatic heterocycles. The maximum Gasteiger partial charge on any atom is 0.117 e. The lowest BCUT2D eigenvalue weighted by Gasteiger charge is -2.27. The maximum absolute atomic E-state index is 5.86.